The number of rotatable bonds is 8. The van der Waals surface area contributed by atoms with Crippen LogP contribution in [0, 0.1) is 0 Å². The Morgan fingerprint density at radius 2 is 1.88 bits per heavy atom. The Bertz CT molecular complexity index is 1100. The minimum atomic E-state index is -4.45. The third kappa shape index (κ3) is 5.97. The molecule has 10 heteroatoms. The van der Waals surface area contributed by atoms with Gasteiger partial charge in [0.25, 0.3) is 0 Å². The van der Waals surface area contributed by atoms with Crippen molar-refractivity contribution < 1.29 is 32.5 Å². The molecule has 0 aliphatic rings. The van der Waals surface area contributed by atoms with Gasteiger partial charge < -0.3 is 14.6 Å². The topological polar surface area (TPSA) is 93.0 Å². The van der Waals surface area contributed by atoms with Crippen LogP contribution in [0.3, 0.4) is 0 Å². The Morgan fingerprint density at radius 3 is 2.47 bits per heavy atom. The second-order valence-electron chi connectivity index (χ2n) is 6.50. The van der Waals surface area contributed by atoms with Crippen LogP contribution in [0.4, 0.5) is 19.0 Å². The molecule has 0 fully saturated rings. The molecule has 0 saturated carbocycles. The van der Waals surface area contributed by atoms with Gasteiger partial charge in [0.05, 0.1) is 24.5 Å². The quantitative estimate of drug-likeness (QED) is 0.381. The summed E-state index contributed by atoms with van der Waals surface area (Å²) in [7, 11) is 1.48. The summed E-state index contributed by atoms with van der Waals surface area (Å²) in [5, 5.41) is 12.9. The molecule has 3 aromatic rings. The number of nitrogens with one attached hydrogen (secondary N) is 1. The number of nitrogens with zero attached hydrogens (tertiary/aromatic N) is 2. The number of hydrogen-bond donors (Lipinski definition) is 2. The standard InChI is InChI=1S/C22H18F3N3O4/c1-31-19-10-15(11-27-28-20-9-7-17(12-26-20)22(23,24)25)4-8-18(19)32-13-14-2-5-16(6-3-14)21(29)30/h2-12H,13H2,1H3,(H,26,28)(H,29,30)/b27-11+. The van der Waals surface area contributed by atoms with Crippen molar-refractivity contribution in [3.8, 4) is 11.5 Å². The van der Waals surface area contributed by atoms with Gasteiger partial charge in [0, 0.05) is 6.20 Å². The lowest BCUT2D eigenvalue weighted by Gasteiger charge is -2.11. The Kier molecular flexibility index (Phi) is 6.93. The van der Waals surface area contributed by atoms with E-state index in [1.807, 2.05) is 0 Å². The lowest BCUT2D eigenvalue weighted by molar-refractivity contribution is -0.137. The number of anilines is 1. The SMILES string of the molecule is COc1cc(/C=N/Nc2ccc(C(F)(F)F)cn2)ccc1OCc1ccc(C(=O)O)cc1. The highest BCUT2D eigenvalue weighted by Crippen LogP contribution is 2.29. The van der Waals surface area contributed by atoms with Crippen molar-refractivity contribution in [3.05, 3.63) is 83.0 Å². The van der Waals surface area contributed by atoms with Crippen LogP contribution < -0.4 is 14.9 Å². The fraction of sp³-hybridized carbons (Fsp3) is 0.136. The van der Waals surface area contributed by atoms with Crippen LogP contribution in [0.15, 0.2) is 65.9 Å². The molecule has 0 amide bonds. The van der Waals surface area contributed by atoms with Crippen LogP contribution in [0.1, 0.15) is 27.0 Å². The molecule has 1 heterocycles. The van der Waals surface area contributed by atoms with E-state index in [0.29, 0.717) is 17.1 Å². The molecule has 7 nitrogen and oxygen atoms in total. The summed E-state index contributed by atoms with van der Waals surface area (Å²) in [6.45, 7) is 0.213. The van der Waals surface area contributed by atoms with E-state index in [1.54, 1.807) is 30.3 Å². The first-order valence-corrected chi connectivity index (χ1v) is 9.21. The molecule has 1 aromatic heterocycles. The predicted molar refractivity (Wildman–Crippen MR) is 111 cm³/mol. The van der Waals surface area contributed by atoms with Crippen LogP contribution in [-0.2, 0) is 12.8 Å². The summed E-state index contributed by atoms with van der Waals surface area (Å²) >= 11 is 0. The van der Waals surface area contributed by atoms with Crippen molar-refractivity contribution in [2.24, 2.45) is 5.10 Å². The maximum absolute atomic E-state index is 12.6. The number of carboxylic acid groups (broad SMARTS) is 1. The Morgan fingerprint density at radius 1 is 1.12 bits per heavy atom. The van der Waals surface area contributed by atoms with Crippen molar-refractivity contribution in [1.82, 2.24) is 4.98 Å². The molecule has 166 valence electrons. The second kappa shape index (κ2) is 9.82. The number of carboxylic acids is 1. The van der Waals surface area contributed by atoms with Gasteiger partial charge in [-0.25, -0.2) is 9.78 Å². The number of aromatic carboxylic acids is 1. The number of hydrogen-bond acceptors (Lipinski definition) is 6. The summed E-state index contributed by atoms with van der Waals surface area (Å²) in [6, 6.07) is 13.5. The normalized spacial score (nSPS) is 11.4. The van der Waals surface area contributed by atoms with Crippen LogP contribution in [0.5, 0.6) is 11.5 Å². The second-order valence-corrected chi connectivity index (χ2v) is 6.50. The van der Waals surface area contributed by atoms with Crippen LogP contribution in [0.25, 0.3) is 0 Å². The van der Waals surface area contributed by atoms with E-state index in [1.165, 1.54) is 31.5 Å². The van der Waals surface area contributed by atoms with E-state index in [9.17, 15) is 18.0 Å². The third-order valence-corrected chi connectivity index (χ3v) is 4.27. The van der Waals surface area contributed by atoms with Crippen molar-refractivity contribution in [3.63, 3.8) is 0 Å². The monoisotopic (exact) mass is 445 g/mol. The van der Waals surface area contributed by atoms with Gasteiger partial charge in [-0.2, -0.15) is 18.3 Å². The summed E-state index contributed by atoms with van der Waals surface area (Å²) in [4.78, 5) is 14.6. The third-order valence-electron chi connectivity index (χ3n) is 4.27. The summed E-state index contributed by atoms with van der Waals surface area (Å²) in [5.41, 5.74) is 3.35. The Labute approximate surface area is 181 Å². The molecule has 0 spiro atoms. The van der Waals surface area contributed by atoms with Crippen LogP contribution >= 0.6 is 0 Å². The molecule has 2 aromatic carbocycles. The number of halogens is 3. The summed E-state index contributed by atoms with van der Waals surface area (Å²) < 4.78 is 48.8. The Hall–Kier alpha value is -4.08. The summed E-state index contributed by atoms with van der Waals surface area (Å²) in [5.74, 6) is 0.0863. The zero-order chi connectivity index (χ0) is 23.1. The number of carbonyl (C=O) groups is 1. The van der Waals surface area contributed by atoms with Crippen molar-refractivity contribution in [2.75, 3.05) is 12.5 Å². The molecule has 0 radical (unpaired) electrons. The lowest BCUT2D eigenvalue weighted by Crippen LogP contribution is -2.05. The van der Waals surface area contributed by atoms with Gasteiger partial charge in [-0.1, -0.05) is 12.1 Å². The van der Waals surface area contributed by atoms with E-state index in [4.69, 9.17) is 14.6 Å². The minimum Gasteiger partial charge on any atom is -0.493 e. The molecule has 0 aliphatic carbocycles. The van der Waals surface area contributed by atoms with Gasteiger partial charge in [0.2, 0.25) is 0 Å². The van der Waals surface area contributed by atoms with Gasteiger partial charge >= 0.3 is 12.1 Å². The first-order chi connectivity index (χ1) is 15.3. The summed E-state index contributed by atoms with van der Waals surface area (Å²) in [6.07, 6.45) is -2.27. The number of hydrazone groups is 1. The number of ether oxygens (including phenoxy) is 2. The molecule has 0 aliphatic heterocycles. The molecule has 0 atom stereocenters. The molecule has 0 saturated heterocycles. The first-order valence-electron chi connectivity index (χ1n) is 9.21. The molecule has 32 heavy (non-hydrogen) atoms. The minimum absolute atomic E-state index is 0.162. The smallest absolute Gasteiger partial charge is 0.417 e. The highest BCUT2D eigenvalue weighted by atomic mass is 19.4. The van der Waals surface area contributed by atoms with Gasteiger partial charge in [-0.15, -0.1) is 0 Å². The molecule has 0 unspecified atom stereocenters. The van der Waals surface area contributed by atoms with Crippen molar-refractivity contribution >= 4 is 18.0 Å². The number of alkyl halides is 3. The number of benzene rings is 2. The average molecular weight is 445 g/mol. The zero-order valence-corrected chi connectivity index (χ0v) is 16.8. The Balaban J connectivity index is 1.61. The number of methoxy groups -OCH3 is 1. The highest BCUT2D eigenvalue weighted by molar-refractivity contribution is 5.87. The van der Waals surface area contributed by atoms with E-state index >= 15 is 0 Å². The molecule has 0 bridgehead atoms. The van der Waals surface area contributed by atoms with Gasteiger partial charge in [0.1, 0.15) is 12.4 Å². The fourth-order valence-corrected chi connectivity index (χ4v) is 2.59. The number of pyridine rings is 1. The predicted octanol–water partition coefficient (Wildman–Crippen LogP) is 4.83. The molecule has 3 rings (SSSR count). The van der Waals surface area contributed by atoms with E-state index < -0.39 is 17.7 Å². The van der Waals surface area contributed by atoms with E-state index in [-0.39, 0.29) is 18.0 Å². The van der Waals surface area contributed by atoms with Gasteiger partial charge in [-0.05, 0) is 53.6 Å². The maximum Gasteiger partial charge on any atom is 0.417 e. The van der Waals surface area contributed by atoms with Crippen molar-refractivity contribution in [2.45, 2.75) is 12.8 Å². The number of aromatic nitrogens is 1. The first kappa shape index (κ1) is 22.6. The van der Waals surface area contributed by atoms with Crippen LogP contribution in [0.2, 0.25) is 0 Å². The van der Waals surface area contributed by atoms with E-state index in [2.05, 4.69) is 15.5 Å². The highest BCUT2D eigenvalue weighted by Gasteiger charge is 2.30. The maximum atomic E-state index is 12.6. The molecular weight excluding hydrogens is 427 g/mol. The largest absolute Gasteiger partial charge is 0.493 e. The fourth-order valence-electron chi connectivity index (χ4n) is 2.59. The van der Waals surface area contributed by atoms with E-state index in [0.717, 1.165) is 17.8 Å². The van der Waals surface area contributed by atoms with Gasteiger partial charge in [0.15, 0.2) is 11.5 Å². The van der Waals surface area contributed by atoms with Crippen LogP contribution in [-0.4, -0.2) is 29.4 Å². The molecular formula is C22H18F3N3O4. The van der Waals surface area contributed by atoms with Gasteiger partial charge in [-0.3, -0.25) is 5.43 Å². The molecule has 2 N–H and O–H groups in total. The van der Waals surface area contributed by atoms with Crippen molar-refractivity contribution in [1.29, 1.82) is 0 Å². The average Bonchev–Trinajstić information content (AvgIpc) is 2.78. The lowest BCUT2D eigenvalue weighted by atomic mass is 10.1. The zero-order valence-electron chi connectivity index (χ0n) is 16.8.